The van der Waals surface area contributed by atoms with Gasteiger partial charge < -0.3 is 0 Å². The summed E-state index contributed by atoms with van der Waals surface area (Å²) in [5.41, 5.74) is 2.94. The van der Waals surface area contributed by atoms with Crippen molar-refractivity contribution in [2.45, 2.75) is 6.42 Å². The minimum Gasteiger partial charge on any atom is -0.289 e. The maximum absolute atomic E-state index is 12.8. The molecule has 1 amide bonds. The maximum Gasteiger partial charge on any atom is 0.238 e. The van der Waals surface area contributed by atoms with E-state index < -0.39 is 11.6 Å². The number of hydrogen-bond donors (Lipinski definition) is 1. The first-order chi connectivity index (χ1) is 6.99. The zero-order valence-electron chi connectivity index (χ0n) is 8.55. The van der Waals surface area contributed by atoms with Gasteiger partial charge in [0.25, 0.3) is 0 Å². The van der Waals surface area contributed by atoms with E-state index in [9.17, 15) is 13.6 Å². The highest BCUT2D eigenvalue weighted by molar-refractivity contribution is 5.77. The molecule has 0 heterocycles. The van der Waals surface area contributed by atoms with Gasteiger partial charge >= 0.3 is 0 Å². The highest BCUT2D eigenvalue weighted by Crippen LogP contribution is 2.08. The van der Waals surface area contributed by atoms with Crippen LogP contribution in [0.3, 0.4) is 0 Å². The number of nitrogens with zero attached hydrogens (tertiary/aromatic N) is 1. The normalized spacial score (nSPS) is 10.5. The number of carbonyl (C=O) groups excluding carboxylic acids is 1. The zero-order valence-corrected chi connectivity index (χ0v) is 8.55. The van der Waals surface area contributed by atoms with E-state index in [1.54, 1.807) is 14.1 Å². The molecule has 1 aromatic rings. The van der Waals surface area contributed by atoms with Crippen molar-refractivity contribution >= 4 is 5.91 Å². The summed E-state index contributed by atoms with van der Waals surface area (Å²) in [5.74, 6) is -2.12. The number of nitrogens with one attached hydrogen (secondary N) is 1. The van der Waals surface area contributed by atoms with Crippen LogP contribution in [0.1, 0.15) is 5.56 Å². The van der Waals surface area contributed by atoms with Crippen molar-refractivity contribution < 1.29 is 13.6 Å². The van der Waals surface area contributed by atoms with Crippen molar-refractivity contribution in [3.8, 4) is 0 Å². The molecule has 1 N–H and O–H groups in total. The smallest absolute Gasteiger partial charge is 0.238 e. The Morgan fingerprint density at radius 3 is 2.53 bits per heavy atom. The molecule has 0 saturated carbocycles. The quantitative estimate of drug-likeness (QED) is 0.764. The average molecular weight is 214 g/mol. The number of benzene rings is 1. The van der Waals surface area contributed by atoms with Crippen LogP contribution in [0.4, 0.5) is 8.78 Å². The average Bonchev–Trinajstić information content (AvgIpc) is 2.10. The Hall–Kier alpha value is -1.49. The molecule has 15 heavy (non-hydrogen) atoms. The number of halogens is 2. The summed E-state index contributed by atoms with van der Waals surface area (Å²) < 4.78 is 25.3. The molecule has 1 rings (SSSR count). The lowest BCUT2D eigenvalue weighted by Crippen LogP contribution is -2.37. The Morgan fingerprint density at radius 1 is 1.33 bits per heavy atom. The molecule has 0 aliphatic heterocycles. The first-order valence-corrected chi connectivity index (χ1v) is 4.40. The number of amides is 1. The summed E-state index contributed by atoms with van der Waals surface area (Å²) >= 11 is 0. The molecule has 0 radical (unpaired) electrons. The highest BCUT2D eigenvalue weighted by atomic mass is 19.2. The Balaban J connectivity index is 2.65. The lowest BCUT2D eigenvalue weighted by atomic mass is 10.1. The number of hydrogen-bond acceptors (Lipinski definition) is 2. The van der Waals surface area contributed by atoms with Crippen LogP contribution < -0.4 is 5.43 Å². The number of carbonyl (C=O) groups is 1. The van der Waals surface area contributed by atoms with E-state index in [0.29, 0.717) is 5.56 Å². The van der Waals surface area contributed by atoms with Crippen molar-refractivity contribution in [1.29, 1.82) is 0 Å². The summed E-state index contributed by atoms with van der Waals surface area (Å²) in [6.45, 7) is 0. The van der Waals surface area contributed by atoms with E-state index in [-0.39, 0.29) is 12.3 Å². The molecule has 0 saturated heterocycles. The molecule has 3 nitrogen and oxygen atoms in total. The van der Waals surface area contributed by atoms with Gasteiger partial charge in [-0.05, 0) is 17.7 Å². The van der Waals surface area contributed by atoms with Crippen LogP contribution in [0.15, 0.2) is 18.2 Å². The van der Waals surface area contributed by atoms with Crippen molar-refractivity contribution in [1.82, 2.24) is 10.4 Å². The van der Waals surface area contributed by atoms with Crippen LogP contribution in [0, 0.1) is 11.6 Å². The van der Waals surface area contributed by atoms with E-state index in [1.165, 1.54) is 11.1 Å². The third-order valence-electron chi connectivity index (χ3n) is 1.70. The standard InChI is InChI=1S/C10H12F2N2O/c1-14(2)13-10(15)6-7-3-4-8(11)9(12)5-7/h3-5H,6H2,1-2H3,(H,13,15). The van der Waals surface area contributed by atoms with E-state index in [0.717, 1.165) is 12.1 Å². The van der Waals surface area contributed by atoms with Crippen LogP contribution in [0.5, 0.6) is 0 Å². The van der Waals surface area contributed by atoms with E-state index >= 15 is 0 Å². The fourth-order valence-corrected chi connectivity index (χ4v) is 1.12. The van der Waals surface area contributed by atoms with Gasteiger partial charge in [-0.2, -0.15) is 0 Å². The van der Waals surface area contributed by atoms with Gasteiger partial charge in [-0.25, -0.2) is 13.8 Å². The second kappa shape index (κ2) is 4.84. The molecule has 1 aromatic carbocycles. The molecule has 0 fully saturated rings. The van der Waals surface area contributed by atoms with Crippen molar-refractivity contribution in [3.63, 3.8) is 0 Å². The minimum atomic E-state index is -0.940. The second-order valence-electron chi connectivity index (χ2n) is 3.35. The third kappa shape index (κ3) is 3.63. The summed E-state index contributed by atoms with van der Waals surface area (Å²) in [6.07, 6.45) is 0.0232. The van der Waals surface area contributed by atoms with Crippen LogP contribution in [0.25, 0.3) is 0 Å². The fourth-order valence-electron chi connectivity index (χ4n) is 1.12. The Labute approximate surface area is 86.7 Å². The largest absolute Gasteiger partial charge is 0.289 e. The van der Waals surface area contributed by atoms with Gasteiger partial charge in [-0.1, -0.05) is 6.07 Å². The first kappa shape index (κ1) is 11.6. The zero-order chi connectivity index (χ0) is 11.4. The molecular weight excluding hydrogens is 202 g/mol. The number of hydrazine groups is 1. The van der Waals surface area contributed by atoms with Gasteiger partial charge in [0.1, 0.15) is 0 Å². The summed E-state index contributed by atoms with van der Waals surface area (Å²) in [7, 11) is 3.34. The Bertz CT molecular complexity index is 366. The maximum atomic E-state index is 12.8. The SMILES string of the molecule is CN(C)NC(=O)Cc1ccc(F)c(F)c1. The molecular formula is C10H12F2N2O. The lowest BCUT2D eigenvalue weighted by Gasteiger charge is -2.11. The van der Waals surface area contributed by atoms with E-state index in [2.05, 4.69) is 5.43 Å². The van der Waals surface area contributed by atoms with Gasteiger partial charge in [-0.3, -0.25) is 10.2 Å². The number of rotatable bonds is 3. The van der Waals surface area contributed by atoms with Gasteiger partial charge in [0.2, 0.25) is 5.91 Å². The molecule has 0 unspecified atom stereocenters. The summed E-state index contributed by atoms with van der Waals surface area (Å²) in [5, 5.41) is 1.49. The molecule has 0 atom stereocenters. The Kier molecular flexibility index (Phi) is 3.74. The molecule has 0 aliphatic carbocycles. The minimum absolute atomic E-state index is 0.0232. The van der Waals surface area contributed by atoms with Crippen molar-refractivity contribution in [3.05, 3.63) is 35.4 Å². The third-order valence-corrected chi connectivity index (χ3v) is 1.70. The van der Waals surface area contributed by atoms with Gasteiger partial charge in [0.05, 0.1) is 6.42 Å². The lowest BCUT2D eigenvalue weighted by molar-refractivity contribution is -0.124. The monoisotopic (exact) mass is 214 g/mol. The van der Waals surface area contributed by atoms with E-state index in [1.807, 2.05) is 0 Å². The van der Waals surface area contributed by atoms with Crippen molar-refractivity contribution in [2.75, 3.05) is 14.1 Å². The molecule has 0 aromatic heterocycles. The summed E-state index contributed by atoms with van der Waals surface area (Å²) in [6, 6.07) is 3.41. The van der Waals surface area contributed by atoms with Gasteiger partial charge in [-0.15, -0.1) is 0 Å². The fraction of sp³-hybridized carbons (Fsp3) is 0.300. The summed E-state index contributed by atoms with van der Waals surface area (Å²) in [4.78, 5) is 11.3. The molecule has 82 valence electrons. The van der Waals surface area contributed by atoms with Gasteiger partial charge in [0, 0.05) is 14.1 Å². The molecule has 0 spiro atoms. The Morgan fingerprint density at radius 2 is 2.00 bits per heavy atom. The predicted octanol–water partition coefficient (Wildman–Crippen LogP) is 1.10. The molecule has 5 heteroatoms. The highest BCUT2D eigenvalue weighted by Gasteiger charge is 2.07. The predicted molar refractivity (Wildman–Crippen MR) is 51.9 cm³/mol. The van der Waals surface area contributed by atoms with Crippen LogP contribution in [-0.2, 0) is 11.2 Å². The van der Waals surface area contributed by atoms with Crippen LogP contribution in [0.2, 0.25) is 0 Å². The molecule has 0 aliphatic rings. The topological polar surface area (TPSA) is 32.3 Å². The van der Waals surface area contributed by atoms with E-state index in [4.69, 9.17) is 0 Å². The second-order valence-corrected chi connectivity index (χ2v) is 3.35. The van der Waals surface area contributed by atoms with Crippen molar-refractivity contribution in [2.24, 2.45) is 0 Å². The van der Waals surface area contributed by atoms with Gasteiger partial charge in [0.15, 0.2) is 11.6 Å². The first-order valence-electron chi connectivity index (χ1n) is 4.40. The molecule has 0 bridgehead atoms. The van der Waals surface area contributed by atoms with Crippen LogP contribution >= 0.6 is 0 Å². The van der Waals surface area contributed by atoms with Crippen LogP contribution in [-0.4, -0.2) is 25.0 Å².